The Morgan fingerprint density at radius 1 is 1.10 bits per heavy atom. The number of likely N-dealkylation sites (N-methyl/N-ethyl adjacent to an activating group) is 1. The van der Waals surface area contributed by atoms with E-state index in [1.54, 1.807) is 52.1 Å². The van der Waals surface area contributed by atoms with Gasteiger partial charge >= 0.3 is 6.09 Å². The zero-order valence-electron chi connectivity index (χ0n) is 17.9. The molecule has 1 aromatic carbocycles. The summed E-state index contributed by atoms with van der Waals surface area (Å²) in [6.07, 6.45) is 0.961. The average molecular weight is 418 g/mol. The van der Waals surface area contributed by atoms with Crippen molar-refractivity contribution in [2.45, 2.75) is 51.7 Å². The quantitative estimate of drug-likeness (QED) is 0.646. The molecule has 1 atom stereocenters. The Morgan fingerprint density at radius 2 is 1.77 bits per heavy atom. The van der Waals surface area contributed by atoms with Crippen LogP contribution in [0, 0.1) is 0 Å². The van der Waals surface area contributed by atoms with Crippen molar-refractivity contribution in [1.82, 2.24) is 15.5 Å². The highest BCUT2D eigenvalue weighted by Crippen LogP contribution is 2.21. The first kappa shape index (κ1) is 23.2. The van der Waals surface area contributed by atoms with Crippen LogP contribution in [0.2, 0.25) is 0 Å². The fourth-order valence-corrected chi connectivity index (χ4v) is 3.05. The van der Waals surface area contributed by atoms with Gasteiger partial charge < -0.3 is 20.7 Å². The van der Waals surface area contributed by atoms with Gasteiger partial charge in [-0.3, -0.25) is 19.3 Å². The number of ether oxygens (including phenoxy) is 1. The molecule has 0 saturated carbocycles. The third-order valence-electron chi connectivity index (χ3n) is 4.49. The smallest absolute Gasteiger partial charge is 0.410 e. The fraction of sp³-hybridized carbons (Fsp3) is 0.524. The molecule has 2 rings (SSSR count). The van der Waals surface area contributed by atoms with Gasteiger partial charge in [0.25, 0.3) is 0 Å². The fourth-order valence-electron chi connectivity index (χ4n) is 3.05. The van der Waals surface area contributed by atoms with E-state index < -0.39 is 17.7 Å². The predicted molar refractivity (Wildman–Crippen MR) is 112 cm³/mol. The standard InChI is InChI=1S/C21H30N4O5/c1-21(2,3)30-20(29)25-11-5-6-16(25)19(28)23-13-18(27)24-15-9-7-14(8-10-15)12-17(26)22-4/h7-10,16H,5-6,11-13H2,1-4H3,(H,22,26)(H,23,28)(H,24,27)/t16-/m1/s1. The molecular weight excluding hydrogens is 388 g/mol. The van der Waals surface area contributed by atoms with Crippen molar-refractivity contribution in [1.29, 1.82) is 0 Å². The summed E-state index contributed by atoms with van der Waals surface area (Å²) in [7, 11) is 1.57. The molecule has 0 bridgehead atoms. The van der Waals surface area contributed by atoms with Crippen molar-refractivity contribution < 1.29 is 23.9 Å². The molecule has 0 spiro atoms. The highest BCUT2D eigenvalue weighted by atomic mass is 16.6. The number of rotatable bonds is 6. The van der Waals surface area contributed by atoms with Crippen molar-refractivity contribution in [3.8, 4) is 0 Å². The maximum atomic E-state index is 12.5. The number of nitrogens with one attached hydrogen (secondary N) is 3. The predicted octanol–water partition coefficient (Wildman–Crippen LogP) is 1.43. The van der Waals surface area contributed by atoms with Crippen LogP contribution in [0.15, 0.2) is 24.3 Å². The second-order valence-electron chi connectivity index (χ2n) is 8.14. The Balaban J connectivity index is 1.83. The topological polar surface area (TPSA) is 117 Å². The Bertz CT molecular complexity index is 786. The SMILES string of the molecule is CNC(=O)Cc1ccc(NC(=O)CNC(=O)[C@H]2CCCN2C(=O)OC(C)(C)C)cc1. The largest absolute Gasteiger partial charge is 0.444 e. The van der Waals surface area contributed by atoms with Crippen molar-refractivity contribution in [3.63, 3.8) is 0 Å². The summed E-state index contributed by atoms with van der Waals surface area (Å²) in [5, 5.41) is 7.82. The first-order chi connectivity index (χ1) is 14.1. The van der Waals surface area contributed by atoms with Crippen LogP contribution in [0.25, 0.3) is 0 Å². The second-order valence-corrected chi connectivity index (χ2v) is 8.14. The molecule has 164 valence electrons. The van der Waals surface area contributed by atoms with E-state index in [9.17, 15) is 19.2 Å². The molecule has 0 unspecified atom stereocenters. The molecule has 9 nitrogen and oxygen atoms in total. The Kier molecular flexibility index (Phi) is 7.79. The van der Waals surface area contributed by atoms with Gasteiger partial charge in [-0.05, 0) is 51.3 Å². The number of carbonyl (C=O) groups excluding carboxylic acids is 4. The van der Waals surface area contributed by atoms with E-state index in [0.717, 1.165) is 5.56 Å². The molecule has 1 aliphatic heterocycles. The van der Waals surface area contributed by atoms with E-state index in [2.05, 4.69) is 16.0 Å². The van der Waals surface area contributed by atoms with Crippen LogP contribution in [0.1, 0.15) is 39.2 Å². The summed E-state index contributed by atoms with van der Waals surface area (Å²) in [6, 6.07) is 6.25. The zero-order valence-corrected chi connectivity index (χ0v) is 17.9. The minimum atomic E-state index is -0.642. The number of hydrogen-bond donors (Lipinski definition) is 3. The van der Waals surface area contributed by atoms with Crippen LogP contribution < -0.4 is 16.0 Å². The van der Waals surface area contributed by atoms with Gasteiger partial charge in [-0.15, -0.1) is 0 Å². The normalized spacial score (nSPS) is 16.0. The molecule has 0 aromatic heterocycles. The zero-order chi connectivity index (χ0) is 22.3. The van der Waals surface area contributed by atoms with Gasteiger partial charge in [0.2, 0.25) is 17.7 Å². The Hall–Kier alpha value is -3.10. The van der Waals surface area contributed by atoms with E-state index in [4.69, 9.17) is 4.74 Å². The van der Waals surface area contributed by atoms with Crippen LogP contribution in [0.5, 0.6) is 0 Å². The van der Waals surface area contributed by atoms with E-state index in [0.29, 0.717) is 25.1 Å². The number of amides is 4. The number of likely N-dealkylation sites (tertiary alicyclic amines) is 1. The number of anilines is 1. The van der Waals surface area contributed by atoms with E-state index >= 15 is 0 Å². The van der Waals surface area contributed by atoms with Crippen molar-refractivity contribution in [3.05, 3.63) is 29.8 Å². The van der Waals surface area contributed by atoms with Crippen molar-refractivity contribution in [2.24, 2.45) is 0 Å². The minimum absolute atomic E-state index is 0.0955. The van der Waals surface area contributed by atoms with Gasteiger partial charge in [0, 0.05) is 19.3 Å². The van der Waals surface area contributed by atoms with Gasteiger partial charge in [0.15, 0.2) is 0 Å². The van der Waals surface area contributed by atoms with Gasteiger partial charge in [0.1, 0.15) is 11.6 Å². The lowest BCUT2D eigenvalue weighted by molar-refractivity contribution is -0.127. The molecule has 9 heteroatoms. The minimum Gasteiger partial charge on any atom is -0.444 e. The highest BCUT2D eigenvalue weighted by Gasteiger charge is 2.36. The second kappa shape index (κ2) is 10.1. The maximum Gasteiger partial charge on any atom is 0.410 e. The molecule has 1 aliphatic rings. The van der Waals surface area contributed by atoms with Gasteiger partial charge in [-0.25, -0.2) is 4.79 Å². The lowest BCUT2D eigenvalue weighted by atomic mass is 10.1. The van der Waals surface area contributed by atoms with E-state index in [1.807, 2.05) is 0 Å². The van der Waals surface area contributed by atoms with Crippen LogP contribution in [0.4, 0.5) is 10.5 Å². The molecule has 0 aliphatic carbocycles. The Morgan fingerprint density at radius 3 is 2.37 bits per heavy atom. The van der Waals surface area contributed by atoms with Crippen LogP contribution in [-0.4, -0.2) is 60.5 Å². The molecule has 1 aromatic rings. The summed E-state index contributed by atoms with van der Waals surface area (Å²) in [6.45, 7) is 5.54. The number of carbonyl (C=O) groups is 4. The van der Waals surface area contributed by atoms with Crippen molar-refractivity contribution in [2.75, 3.05) is 25.5 Å². The van der Waals surface area contributed by atoms with E-state index in [-0.39, 0.29) is 30.7 Å². The molecule has 3 N–H and O–H groups in total. The van der Waals surface area contributed by atoms with E-state index in [1.165, 1.54) is 4.90 Å². The highest BCUT2D eigenvalue weighted by molar-refractivity contribution is 5.96. The third kappa shape index (κ3) is 7.06. The number of hydrogen-bond acceptors (Lipinski definition) is 5. The number of benzene rings is 1. The van der Waals surface area contributed by atoms with Crippen LogP contribution in [-0.2, 0) is 25.5 Å². The first-order valence-electron chi connectivity index (χ1n) is 9.96. The summed E-state index contributed by atoms with van der Waals surface area (Å²) >= 11 is 0. The van der Waals surface area contributed by atoms with Gasteiger partial charge in [-0.2, -0.15) is 0 Å². The average Bonchev–Trinajstić information content (AvgIpc) is 3.16. The molecule has 1 saturated heterocycles. The molecule has 1 fully saturated rings. The first-order valence-corrected chi connectivity index (χ1v) is 9.96. The van der Waals surface area contributed by atoms with Gasteiger partial charge in [-0.1, -0.05) is 12.1 Å². The molecule has 30 heavy (non-hydrogen) atoms. The molecule has 0 radical (unpaired) electrons. The lowest BCUT2D eigenvalue weighted by Gasteiger charge is -2.28. The summed E-state index contributed by atoms with van der Waals surface area (Å²) in [4.78, 5) is 49.7. The maximum absolute atomic E-state index is 12.5. The molecule has 4 amide bonds. The van der Waals surface area contributed by atoms with Crippen molar-refractivity contribution >= 4 is 29.5 Å². The molecular formula is C21H30N4O5. The lowest BCUT2D eigenvalue weighted by Crippen LogP contribution is -2.48. The summed E-state index contributed by atoms with van der Waals surface area (Å²) < 4.78 is 5.35. The molecule has 1 heterocycles. The Labute approximate surface area is 176 Å². The summed E-state index contributed by atoms with van der Waals surface area (Å²) in [5.74, 6) is -0.861. The van der Waals surface area contributed by atoms with Gasteiger partial charge in [0.05, 0.1) is 13.0 Å². The third-order valence-corrected chi connectivity index (χ3v) is 4.49. The van der Waals surface area contributed by atoms with Crippen LogP contribution in [0.3, 0.4) is 0 Å². The number of nitrogens with zero attached hydrogens (tertiary/aromatic N) is 1. The summed E-state index contributed by atoms with van der Waals surface area (Å²) in [5.41, 5.74) is 0.742. The monoisotopic (exact) mass is 418 g/mol. The van der Waals surface area contributed by atoms with Crippen LogP contribution >= 0.6 is 0 Å².